The van der Waals surface area contributed by atoms with Gasteiger partial charge >= 0.3 is 0 Å². The molecule has 2 aliphatic rings. The van der Waals surface area contributed by atoms with Crippen LogP contribution in [0.2, 0.25) is 0 Å². The first kappa shape index (κ1) is 18.4. The van der Waals surface area contributed by atoms with Crippen LogP contribution >= 0.6 is 0 Å². The van der Waals surface area contributed by atoms with Crippen molar-refractivity contribution in [2.75, 3.05) is 13.1 Å². The summed E-state index contributed by atoms with van der Waals surface area (Å²) in [5, 5.41) is 17.7. The first-order valence-electron chi connectivity index (χ1n) is 9.72. The molecule has 1 amide bonds. The van der Waals surface area contributed by atoms with Crippen LogP contribution in [0.5, 0.6) is 0 Å². The number of aromatic nitrogens is 2. The van der Waals surface area contributed by atoms with Gasteiger partial charge in [-0.1, -0.05) is 26.7 Å². The lowest BCUT2D eigenvalue weighted by atomic mass is 9.89. The number of aliphatic hydroxyl groups excluding tert-OH is 1. The predicted octanol–water partition coefficient (Wildman–Crippen LogP) is 2.04. The molecule has 0 radical (unpaired) electrons. The molecule has 2 N–H and O–H groups in total. The van der Waals surface area contributed by atoms with Gasteiger partial charge in [0, 0.05) is 37.9 Å². The number of nitrogens with zero attached hydrogens (tertiary/aromatic N) is 3. The number of piperidine rings is 1. The van der Waals surface area contributed by atoms with Gasteiger partial charge in [0.2, 0.25) is 0 Å². The molecule has 1 aromatic heterocycles. The fraction of sp³-hybridized carbons (Fsp3) is 0.789. The van der Waals surface area contributed by atoms with E-state index in [0.29, 0.717) is 17.7 Å². The summed E-state index contributed by atoms with van der Waals surface area (Å²) in [6.45, 7) is 6.11. The van der Waals surface area contributed by atoms with Gasteiger partial charge in [0.25, 0.3) is 5.91 Å². The van der Waals surface area contributed by atoms with Crippen molar-refractivity contribution in [3.63, 3.8) is 0 Å². The number of amides is 1. The van der Waals surface area contributed by atoms with Gasteiger partial charge in [0.05, 0.1) is 6.10 Å². The van der Waals surface area contributed by atoms with E-state index in [1.165, 1.54) is 6.42 Å². The zero-order valence-corrected chi connectivity index (χ0v) is 15.7. The van der Waals surface area contributed by atoms with Gasteiger partial charge in [-0.15, -0.1) is 0 Å². The number of nitrogens with one attached hydrogen (secondary N) is 1. The summed E-state index contributed by atoms with van der Waals surface area (Å²) < 4.78 is 1.80. The van der Waals surface area contributed by atoms with E-state index in [4.69, 9.17) is 0 Å². The zero-order chi connectivity index (χ0) is 18.0. The summed E-state index contributed by atoms with van der Waals surface area (Å²) in [6.07, 6.45) is 6.10. The third kappa shape index (κ3) is 4.23. The van der Waals surface area contributed by atoms with Crippen LogP contribution in [0.1, 0.15) is 74.5 Å². The summed E-state index contributed by atoms with van der Waals surface area (Å²) in [5.41, 5.74) is 1.59. The van der Waals surface area contributed by atoms with Crippen molar-refractivity contribution in [2.24, 2.45) is 7.05 Å². The molecule has 25 heavy (non-hydrogen) atoms. The predicted molar refractivity (Wildman–Crippen MR) is 97.6 cm³/mol. The fourth-order valence-electron chi connectivity index (χ4n) is 4.29. The number of hydrogen-bond donors (Lipinski definition) is 2. The maximum absolute atomic E-state index is 12.5. The maximum atomic E-state index is 12.5. The molecular formula is C19H32N4O2. The lowest BCUT2D eigenvalue weighted by Crippen LogP contribution is -2.52. The van der Waals surface area contributed by atoms with Crippen LogP contribution in [-0.4, -0.2) is 57.0 Å². The second kappa shape index (κ2) is 7.87. The Labute approximate surface area is 150 Å². The number of hydrogen-bond acceptors (Lipinski definition) is 4. The first-order chi connectivity index (χ1) is 12.0. The second-order valence-electron chi connectivity index (χ2n) is 7.94. The average molecular weight is 348 g/mol. The number of rotatable bonds is 4. The van der Waals surface area contributed by atoms with Gasteiger partial charge in [-0.2, -0.15) is 5.10 Å². The minimum absolute atomic E-state index is 0.0707. The Balaban J connectivity index is 1.51. The van der Waals surface area contributed by atoms with Crippen LogP contribution in [-0.2, 0) is 7.05 Å². The highest BCUT2D eigenvalue weighted by Crippen LogP contribution is 2.26. The highest BCUT2D eigenvalue weighted by Gasteiger charge is 2.32. The van der Waals surface area contributed by atoms with Gasteiger partial charge in [-0.05, 0) is 37.7 Å². The molecule has 2 atom stereocenters. The Hall–Kier alpha value is -1.40. The fourth-order valence-corrected chi connectivity index (χ4v) is 4.29. The number of carbonyl (C=O) groups is 1. The molecule has 0 aromatic carbocycles. The van der Waals surface area contributed by atoms with Crippen LogP contribution < -0.4 is 5.32 Å². The molecule has 6 heteroatoms. The van der Waals surface area contributed by atoms with E-state index in [2.05, 4.69) is 29.2 Å². The minimum atomic E-state index is -0.178. The van der Waals surface area contributed by atoms with Crippen LogP contribution in [0.25, 0.3) is 0 Å². The van der Waals surface area contributed by atoms with Crippen molar-refractivity contribution in [1.29, 1.82) is 0 Å². The molecule has 2 fully saturated rings. The maximum Gasteiger partial charge on any atom is 0.272 e. The SMILES string of the molecule is CC(C)c1cc(C(=O)NC2CCN(C3CCCCC3O)CC2)nn1C. The van der Waals surface area contributed by atoms with Gasteiger partial charge in [-0.25, -0.2) is 0 Å². The van der Waals surface area contributed by atoms with Crippen molar-refractivity contribution in [2.45, 2.75) is 76.5 Å². The Morgan fingerprint density at radius 1 is 1.24 bits per heavy atom. The summed E-state index contributed by atoms with van der Waals surface area (Å²) >= 11 is 0. The van der Waals surface area contributed by atoms with E-state index in [-0.39, 0.29) is 18.1 Å². The highest BCUT2D eigenvalue weighted by molar-refractivity contribution is 5.92. The molecule has 3 rings (SSSR count). The quantitative estimate of drug-likeness (QED) is 0.874. The van der Waals surface area contributed by atoms with E-state index in [1.54, 1.807) is 4.68 Å². The monoisotopic (exact) mass is 348 g/mol. The topological polar surface area (TPSA) is 70.4 Å². The standard InChI is InChI=1S/C19H32N4O2/c1-13(2)17-12-15(21-22(17)3)19(25)20-14-8-10-23(11-9-14)16-6-4-5-7-18(16)24/h12-14,16,18,24H,4-11H2,1-3H3,(H,20,25). The Morgan fingerprint density at radius 2 is 1.92 bits per heavy atom. The van der Waals surface area contributed by atoms with E-state index in [0.717, 1.165) is 50.9 Å². The van der Waals surface area contributed by atoms with Crippen molar-refractivity contribution < 1.29 is 9.90 Å². The summed E-state index contributed by atoms with van der Waals surface area (Å²) in [7, 11) is 1.89. The molecule has 1 saturated carbocycles. The van der Waals surface area contributed by atoms with E-state index in [9.17, 15) is 9.90 Å². The van der Waals surface area contributed by atoms with E-state index >= 15 is 0 Å². The lowest BCUT2D eigenvalue weighted by Gasteiger charge is -2.41. The molecule has 1 aromatic rings. The van der Waals surface area contributed by atoms with Crippen LogP contribution in [0.4, 0.5) is 0 Å². The van der Waals surface area contributed by atoms with E-state index < -0.39 is 0 Å². The summed E-state index contributed by atoms with van der Waals surface area (Å²) in [6, 6.07) is 2.41. The van der Waals surface area contributed by atoms with Gasteiger partial charge in [0.1, 0.15) is 5.69 Å². The van der Waals surface area contributed by atoms with Crippen LogP contribution in [0, 0.1) is 0 Å². The Bertz CT molecular complexity index is 590. The average Bonchev–Trinajstić information content (AvgIpc) is 2.98. The van der Waals surface area contributed by atoms with Gasteiger partial charge in [0.15, 0.2) is 0 Å². The van der Waals surface area contributed by atoms with Gasteiger partial charge in [-0.3, -0.25) is 14.4 Å². The molecule has 140 valence electrons. The number of aryl methyl sites for hydroxylation is 1. The molecular weight excluding hydrogens is 316 g/mol. The Morgan fingerprint density at radius 3 is 2.52 bits per heavy atom. The summed E-state index contributed by atoms with van der Waals surface area (Å²) in [5.74, 6) is 0.280. The lowest BCUT2D eigenvalue weighted by molar-refractivity contribution is 0.00726. The molecule has 0 spiro atoms. The van der Waals surface area contributed by atoms with Crippen LogP contribution in [0.15, 0.2) is 6.07 Å². The van der Waals surface area contributed by atoms with Crippen molar-refractivity contribution >= 4 is 5.91 Å². The number of aliphatic hydroxyl groups is 1. The smallest absolute Gasteiger partial charge is 0.272 e. The molecule has 1 saturated heterocycles. The first-order valence-corrected chi connectivity index (χ1v) is 9.72. The van der Waals surface area contributed by atoms with Crippen LogP contribution in [0.3, 0.4) is 0 Å². The number of likely N-dealkylation sites (tertiary alicyclic amines) is 1. The molecule has 1 aliphatic heterocycles. The van der Waals surface area contributed by atoms with Crippen molar-refractivity contribution in [1.82, 2.24) is 20.0 Å². The van der Waals surface area contributed by atoms with E-state index in [1.807, 2.05) is 13.1 Å². The molecule has 0 bridgehead atoms. The number of carbonyl (C=O) groups excluding carboxylic acids is 1. The highest BCUT2D eigenvalue weighted by atomic mass is 16.3. The minimum Gasteiger partial charge on any atom is -0.391 e. The molecule has 6 nitrogen and oxygen atoms in total. The largest absolute Gasteiger partial charge is 0.391 e. The van der Waals surface area contributed by atoms with Crippen molar-refractivity contribution in [3.8, 4) is 0 Å². The molecule has 2 unspecified atom stereocenters. The molecule has 1 aliphatic carbocycles. The van der Waals surface area contributed by atoms with Crippen molar-refractivity contribution in [3.05, 3.63) is 17.5 Å². The second-order valence-corrected chi connectivity index (χ2v) is 7.94. The van der Waals surface area contributed by atoms with Gasteiger partial charge < -0.3 is 10.4 Å². The third-order valence-electron chi connectivity index (χ3n) is 5.77. The third-order valence-corrected chi connectivity index (χ3v) is 5.77. The zero-order valence-electron chi connectivity index (χ0n) is 15.7. The normalized spacial score (nSPS) is 26.1. The summed E-state index contributed by atoms with van der Waals surface area (Å²) in [4.78, 5) is 14.9. The molecule has 2 heterocycles. The Kier molecular flexibility index (Phi) is 5.79.